The van der Waals surface area contributed by atoms with Crippen molar-refractivity contribution in [3.8, 4) is 11.5 Å². The van der Waals surface area contributed by atoms with Crippen molar-refractivity contribution in [3.63, 3.8) is 0 Å². The van der Waals surface area contributed by atoms with Crippen molar-refractivity contribution in [3.05, 3.63) is 29.8 Å². The van der Waals surface area contributed by atoms with E-state index in [0.29, 0.717) is 12.1 Å². The molecule has 0 radical (unpaired) electrons. The number of hydrogen-bond acceptors (Lipinski definition) is 3. The molecule has 3 heteroatoms. The molecule has 2 atom stereocenters. The summed E-state index contributed by atoms with van der Waals surface area (Å²) in [5.41, 5.74) is 2.69. The predicted octanol–water partition coefficient (Wildman–Crippen LogP) is 2.61. The molecule has 1 saturated heterocycles. The first-order valence-corrected chi connectivity index (χ1v) is 6.49. The summed E-state index contributed by atoms with van der Waals surface area (Å²) >= 11 is 0. The maximum absolute atomic E-state index is 5.37. The minimum Gasteiger partial charge on any atom is -0.493 e. The molecule has 18 heavy (non-hydrogen) atoms. The van der Waals surface area contributed by atoms with Crippen LogP contribution in [0.25, 0.3) is 5.57 Å². The molecule has 0 saturated carbocycles. The summed E-state index contributed by atoms with van der Waals surface area (Å²) in [6.45, 7) is 0. The van der Waals surface area contributed by atoms with Gasteiger partial charge in [-0.3, -0.25) is 0 Å². The van der Waals surface area contributed by atoms with E-state index in [0.717, 1.165) is 17.9 Å². The van der Waals surface area contributed by atoms with Gasteiger partial charge in [0.15, 0.2) is 11.5 Å². The molecule has 0 aliphatic carbocycles. The van der Waals surface area contributed by atoms with Gasteiger partial charge in [0.1, 0.15) is 0 Å². The zero-order chi connectivity index (χ0) is 12.5. The molecule has 1 N–H and O–H groups in total. The van der Waals surface area contributed by atoms with Gasteiger partial charge in [0.2, 0.25) is 0 Å². The van der Waals surface area contributed by atoms with Gasteiger partial charge < -0.3 is 14.8 Å². The highest BCUT2D eigenvalue weighted by Gasteiger charge is 2.28. The van der Waals surface area contributed by atoms with Gasteiger partial charge in [-0.05, 0) is 42.5 Å². The standard InChI is InChI=1S/C15H19NO2/c1-17-14-6-3-10(9-15(14)18-2)11-7-12-4-5-13(8-11)16-12/h3,6-7,9,12-13,16H,4-5,8H2,1-2H3. The van der Waals surface area contributed by atoms with Crippen molar-refractivity contribution in [1.82, 2.24) is 5.32 Å². The Morgan fingerprint density at radius 3 is 2.67 bits per heavy atom. The smallest absolute Gasteiger partial charge is 0.161 e. The van der Waals surface area contributed by atoms with E-state index in [2.05, 4.69) is 23.5 Å². The van der Waals surface area contributed by atoms with E-state index in [9.17, 15) is 0 Å². The molecular weight excluding hydrogens is 226 g/mol. The van der Waals surface area contributed by atoms with Crippen LogP contribution in [0.15, 0.2) is 24.3 Å². The molecule has 1 aromatic carbocycles. The van der Waals surface area contributed by atoms with Crippen LogP contribution in [-0.2, 0) is 0 Å². The molecule has 0 amide bonds. The summed E-state index contributed by atoms with van der Waals surface area (Å²) in [5, 5.41) is 3.61. The van der Waals surface area contributed by atoms with Gasteiger partial charge in [-0.2, -0.15) is 0 Å². The predicted molar refractivity (Wildman–Crippen MR) is 72.1 cm³/mol. The molecule has 2 heterocycles. The Kier molecular flexibility index (Phi) is 3.00. The first-order chi connectivity index (χ1) is 8.80. The largest absolute Gasteiger partial charge is 0.493 e. The molecule has 2 unspecified atom stereocenters. The highest BCUT2D eigenvalue weighted by molar-refractivity contribution is 5.70. The lowest BCUT2D eigenvalue weighted by atomic mass is 9.96. The van der Waals surface area contributed by atoms with Crippen LogP contribution < -0.4 is 14.8 Å². The molecule has 0 spiro atoms. The molecule has 2 aliphatic rings. The highest BCUT2D eigenvalue weighted by Crippen LogP contribution is 2.35. The van der Waals surface area contributed by atoms with Crippen molar-refractivity contribution in [2.45, 2.75) is 31.3 Å². The van der Waals surface area contributed by atoms with E-state index in [-0.39, 0.29) is 0 Å². The minimum atomic E-state index is 0.562. The SMILES string of the molecule is COc1ccc(C2=CC3CCC(C2)N3)cc1OC. The number of nitrogens with one attached hydrogen (secondary N) is 1. The van der Waals surface area contributed by atoms with Crippen molar-refractivity contribution < 1.29 is 9.47 Å². The van der Waals surface area contributed by atoms with E-state index < -0.39 is 0 Å². The van der Waals surface area contributed by atoms with Gasteiger partial charge in [0.05, 0.1) is 14.2 Å². The van der Waals surface area contributed by atoms with Crippen LogP contribution in [0, 0.1) is 0 Å². The van der Waals surface area contributed by atoms with Crippen LogP contribution in [0.2, 0.25) is 0 Å². The summed E-state index contributed by atoms with van der Waals surface area (Å²) in [4.78, 5) is 0. The monoisotopic (exact) mass is 245 g/mol. The maximum Gasteiger partial charge on any atom is 0.161 e. The molecule has 3 rings (SSSR count). The lowest BCUT2D eigenvalue weighted by Gasteiger charge is -2.22. The van der Waals surface area contributed by atoms with Gasteiger partial charge in [0, 0.05) is 12.1 Å². The Bertz CT molecular complexity index is 481. The average molecular weight is 245 g/mol. The third kappa shape index (κ3) is 1.99. The van der Waals surface area contributed by atoms with Crippen molar-refractivity contribution in [2.75, 3.05) is 14.2 Å². The van der Waals surface area contributed by atoms with Crippen LogP contribution in [0.5, 0.6) is 11.5 Å². The highest BCUT2D eigenvalue weighted by atomic mass is 16.5. The minimum absolute atomic E-state index is 0.562. The van der Waals surface area contributed by atoms with Gasteiger partial charge in [-0.25, -0.2) is 0 Å². The summed E-state index contributed by atoms with van der Waals surface area (Å²) in [5.74, 6) is 1.60. The first-order valence-electron chi connectivity index (χ1n) is 6.49. The molecule has 1 fully saturated rings. The number of fused-ring (bicyclic) bond motifs is 2. The second-order valence-corrected chi connectivity index (χ2v) is 5.01. The second kappa shape index (κ2) is 4.65. The summed E-state index contributed by atoms with van der Waals surface area (Å²) in [6, 6.07) is 7.40. The topological polar surface area (TPSA) is 30.5 Å². The van der Waals surface area contributed by atoms with Crippen LogP contribution in [0.1, 0.15) is 24.8 Å². The molecule has 1 aromatic rings. The van der Waals surface area contributed by atoms with Crippen LogP contribution >= 0.6 is 0 Å². The second-order valence-electron chi connectivity index (χ2n) is 5.01. The fraction of sp³-hybridized carbons (Fsp3) is 0.467. The van der Waals surface area contributed by atoms with Gasteiger partial charge in [-0.1, -0.05) is 12.1 Å². The molecule has 3 nitrogen and oxygen atoms in total. The van der Waals surface area contributed by atoms with Crippen molar-refractivity contribution in [2.24, 2.45) is 0 Å². The number of benzene rings is 1. The lowest BCUT2D eigenvalue weighted by Crippen LogP contribution is -2.31. The number of methoxy groups -OCH3 is 2. The molecule has 0 aromatic heterocycles. The van der Waals surface area contributed by atoms with Crippen molar-refractivity contribution >= 4 is 5.57 Å². The van der Waals surface area contributed by atoms with Gasteiger partial charge in [-0.15, -0.1) is 0 Å². The van der Waals surface area contributed by atoms with Crippen molar-refractivity contribution in [1.29, 1.82) is 0 Å². The lowest BCUT2D eigenvalue weighted by molar-refractivity contribution is 0.355. The third-order valence-electron chi connectivity index (χ3n) is 3.90. The van der Waals surface area contributed by atoms with Crippen LogP contribution in [0.3, 0.4) is 0 Å². The zero-order valence-corrected chi connectivity index (χ0v) is 10.9. The Hall–Kier alpha value is -1.48. The number of ether oxygens (including phenoxy) is 2. The normalized spacial score (nSPS) is 25.8. The molecule has 2 bridgehead atoms. The molecule has 96 valence electrons. The zero-order valence-electron chi connectivity index (χ0n) is 10.9. The number of rotatable bonds is 3. The Morgan fingerprint density at radius 1 is 1.11 bits per heavy atom. The summed E-state index contributed by atoms with van der Waals surface area (Å²) in [6.07, 6.45) is 6.04. The number of hydrogen-bond donors (Lipinski definition) is 1. The molecular formula is C15H19NO2. The van der Waals surface area contributed by atoms with E-state index >= 15 is 0 Å². The van der Waals surface area contributed by atoms with Crippen LogP contribution in [0.4, 0.5) is 0 Å². The fourth-order valence-electron chi connectivity index (χ4n) is 2.97. The van der Waals surface area contributed by atoms with Crippen LogP contribution in [-0.4, -0.2) is 26.3 Å². The Morgan fingerprint density at radius 2 is 1.94 bits per heavy atom. The van der Waals surface area contributed by atoms with Gasteiger partial charge >= 0.3 is 0 Å². The van der Waals surface area contributed by atoms with E-state index in [1.165, 1.54) is 24.0 Å². The third-order valence-corrected chi connectivity index (χ3v) is 3.90. The summed E-state index contributed by atoms with van der Waals surface area (Å²) < 4.78 is 10.6. The van der Waals surface area contributed by atoms with E-state index in [1.807, 2.05) is 6.07 Å². The quantitative estimate of drug-likeness (QED) is 0.888. The average Bonchev–Trinajstić information content (AvgIpc) is 2.76. The Balaban J connectivity index is 1.93. The van der Waals surface area contributed by atoms with E-state index in [1.54, 1.807) is 14.2 Å². The van der Waals surface area contributed by atoms with E-state index in [4.69, 9.17) is 9.47 Å². The first kappa shape index (κ1) is 11.6. The van der Waals surface area contributed by atoms with Gasteiger partial charge in [0.25, 0.3) is 0 Å². The summed E-state index contributed by atoms with van der Waals surface area (Å²) in [7, 11) is 3.35. The Labute approximate surface area is 108 Å². The molecule has 2 aliphatic heterocycles. The maximum atomic E-state index is 5.37. The fourth-order valence-corrected chi connectivity index (χ4v) is 2.97.